The number of benzene rings is 2. The van der Waals surface area contributed by atoms with Crippen molar-refractivity contribution in [3.05, 3.63) is 58.1 Å². The van der Waals surface area contributed by atoms with Gasteiger partial charge in [0.25, 0.3) is 0 Å². The molecule has 0 aromatic heterocycles. The van der Waals surface area contributed by atoms with Crippen molar-refractivity contribution in [2.45, 2.75) is 34.6 Å². The van der Waals surface area contributed by atoms with Crippen LogP contribution in [0.15, 0.2) is 30.3 Å². The summed E-state index contributed by atoms with van der Waals surface area (Å²) in [6.45, 7) is 10.9. The molecule has 0 saturated carbocycles. The van der Waals surface area contributed by atoms with Crippen molar-refractivity contribution < 1.29 is 0 Å². The minimum absolute atomic E-state index is 1.33. The molecule has 2 rings (SSSR count). The van der Waals surface area contributed by atoms with Gasteiger partial charge in [0.1, 0.15) is 0 Å². The quantitative estimate of drug-likeness (QED) is 0.646. The van der Waals surface area contributed by atoms with Gasteiger partial charge in [-0.3, -0.25) is 0 Å². The van der Waals surface area contributed by atoms with E-state index >= 15 is 0 Å². The third-order valence-electron chi connectivity index (χ3n) is 3.37. The second-order valence-electron chi connectivity index (χ2n) is 5.13. The van der Waals surface area contributed by atoms with Gasteiger partial charge in [-0.05, 0) is 62.4 Å². The molecule has 0 aliphatic rings. The van der Waals surface area contributed by atoms with Crippen LogP contribution in [-0.4, -0.2) is 0 Å². The van der Waals surface area contributed by atoms with Gasteiger partial charge in [-0.1, -0.05) is 41.5 Å². The predicted octanol–water partition coefficient (Wildman–Crippen LogP) is 4.90. The van der Waals surface area contributed by atoms with Crippen LogP contribution in [0.3, 0.4) is 0 Å². The lowest BCUT2D eigenvalue weighted by molar-refractivity contribution is 1.29. The van der Waals surface area contributed by atoms with Crippen molar-refractivity contribution in [3.8, 4) is 11.1 Å². The first-order chi connectivity index (χ1) is 7.97. The summed E-state index contributed by atoms with van der Waals surface area (Å²) in [4.78, 5) is 0. The van der Waals surface area contributed by atoms with E-state index < -0.39 is 0 Å². The van der Waals surface area contributed by atoms with Gasteiger partial charge < -0.3 is 0 Å². The summed E-state index contributed by atoms with van der Waals surface area (Å²) >= 11 is 0. The van der Waals surface area contributed by atoms with Crippen molar-refractivity contribution in [2.75, 3.05) is 0 Å². The lowest BCUT2D eigenvalue weighted by Crippen LogP contribution is -1.90. The van der Waals surface area contributed by atoms with E-state index in [1.807, 2.05) is 0 Å². The number of hydrogen-bond donors (Lipinski definition) is 0. The molecular weight excluding hydrogens is 204 g/mol. The first-order valence-corrected chi connectivity index (χ1v) is 6.14. The third kappa shape index (κ3) is 2.41. The van der Waals surface area contributed by atoms with Crippen molar-refractivity contribution >= 4 is 0 Å². The Bertz CT molecular complexity index is 542. The lowest BCUT2D eigenvalue weighted by atomic mass is 9.94. The molecule has 0 radical (unpaired) electrons. The molecule has 2 aromatic rings. The van der Waals surface area contributed by atoms with Gasteiger partial charge in [-0.2, -0.15) is 0 Å². The first-order valence-electron chi connectivity index (χ1n) is 6.14. The molecule has 0 unspecified atom stereocenters. The Morgan fingerprint density at radius 2 is 1.06 bits per heavy atom. The fraction of sp³-hybridized carbons (Fsp3) is 0.294. The maximum atomic E-state index is 2.30. The summed E-state index contributed by atoms with van der Waals surface area (Å²) in [6.07, 6.45) is 0. The third-order valence-corrected chi connectivity index (χ3v) is 3.37. The first kappa shape index (κ1) is 11.9. The molecule has 0 saturated heterocycles. The maximum absolute atomic E-state index is 2.30. The van der Waals surface area contributed by atoms with Crippen LogP contribution < -0.4 is 0 Å². The van der Waals surface area contributed by atoms with E-state index in [4.69, 9.17) is 0 Å². The van der Waals surface area contributed by atoms with E-state index in [0.717, 1.165) is 0 Å². The fourth-order valence-electron chi connectivity index (χ4n) is 2.40. The van der Waals surface area contributed by atoms with Crippen LogP contribution in [0, 0.1) is 34.6 Å². The largest absolute Gasteiger partial charge is 0.0563 e. The zero-order valence-corrected chi connectivity index (χ0v) is 11.4. The molecular formula is C17H20. The minimum atomic E-state index is 1.33. The van der Waals surface area contributed by atoms with Crippen molar-refractivity contribution in [1.82, 2.24) is 0 Å². The SMILES string of the molecule is Cc1cc(C)cc(-c2cc(C)c(C)cc2C)c1. The van der Waals surface area contributed by atoms with Crippen molar-refractivity contribution in [2.24, 2.45) is 0 Å². The molecule has 0 amide bonds. The molecule has 0 bridgehead atoms. The Morgan fingerprint density at radius 1 is 0.529 bits per heavy atom. The van der Waals surface area contributed by atoms with Crippen LogP contribution in [0.4, 0.5) is 0 Å². The highest BCUT2D eigenvalue weighted by Gasteiger charge is 2.05. The highest BCUT2D eigenvalue weighted by atomic mass is 14.1. The maximum Gasteiger partial charge on any atom is -0.0152 e. The van der Waals surface area contributed by atoms with Gasteiger partial charge in [-0.25, -0.2) is 0 Å². The van der Waals surface area contributed by atoms with E-state index in [9.17, 15) is 0 Å². The molecule has 2 aromatic carbocycles. The lowest BCUT2D eigenvalue weighted by Gasteiger charge is -2.11. The summed E-state index contributed by atoms with van der Waals surface area (Å²) in [5, 5.41) is 0. The number of hydrogen-bond acceptors (Lipinski definition) is 0. The van der Waals surface area contributed by atoms with Gasteiger partial charge in [0.05, 0.1) is 0 Å². The summed E-state index contributed by atoms with van der Waals surface area (Å²) in [7, 11) is 0. The van der Waals surface area contributed by atoms with Gasteiger partial charge in [0.15, 0.2) is 0 Å². The van der Waals surface area contributed by atoms with Crippen LogP contribution >= 0.6 is 0 Å². The Kier molecular flexibility index (Phi) is 3.06. The van der Waals surface area contributed by atoms with Crippen LogP contribution in [0.5, 0.6) is 0 Å². The van der Waals surface area contributed by atoms with Crippen molar-refractivity contribution in [1.29, 1.82) is 0 Å². The summed E-state index contributed by atoms with van der Waals surface area (Å²) in [6, 6.07) is 11.3. The Balaban J connectivity index is 2.64. The zero-order chi connectivity index (χ0) is 12.6. The highest BCUT2D eigenvalue weighted by molar-refractivity contribution is 5.70. The van der Waals surface area contributed by atoms with Crippen LogP contribution in [0.1, 0.15) is 27.8 Å². The van der Waals surface area contributed by atoms with Crippen LogP contribution in [0.25, 0.3) is 11.1 Å². The molecule has 17 heavy (non-hydrogen) atoms. The smallest absolute Gasteiger partial charge is 0.0152 e. The monoisotopic (exact) mass is 224 g/mol. The highest BCUT2D eigenvalue weighted by Crippen LogP contribution is 2.27. The standard InChI is InChI=1S/C17H20/c1-11-6-12(2)8-16(7-11)17-10-14(4)13(3)9-15(17)5/h6-10H,1-5H3. The molecule has 0 fully saturated rings. The molecule has 0 heterocycles. The average Bonchev–Trinajstić information content (AvgIpc) is 2.22. The Labute approximate surface area is 104 Å². The second-order valence-corrected chi connectivity index (χ2v) is 5.13. The van der Waals surface area contributed by atoms with Crippen LogP contribution in [-0.2, 0) is 0 Å². The number of rotatable bonds is 1. The predicted molar refractivity (Wildman–Crippen MR) is 75.6 cm³/mol. The molecule has 0 aliphatic heterocycles. The molecule has 0 aliphatic carbocycles. The van der Waals surface area contributed by atoms with Gasteiger partial charge >= 0.3 is 0 Å². The molecule has 0 nitrogen and oxygen atoms in total. The molecule has 0 atom stereocenters. The van der Waals surface area contributed by atoms with E-state index in [-0.39, 0.29) is 0 Å². The topological polar surface area (TPSA) is 0 Å². The zero-order valence-electron chi connectivity index (χ0n) is 11.4. The van der Waals surface area contributed by atoms with E-state index in [1.54, 1.807) is 0 Å². The van der Waals surface area contributed by atoms with E-state index in [1.165, 1.54) is 38.9 Å². The summed E-state index contributed by atoms with van der Waals surface area (Å²) < 4.78 is 0. The second kappa shape index (κ2) is 4.37. The number of aryl methyl sites for hydroxylation is 5. The Hall–Kier alpha value is -1.56. The Morgan fingerprint density at radius 3 is 1.65 bits per heavy atom. The fourth-order valence-corrected chi connectivity index (χ4v) is 2.40. The van der Waals surface area contributed by atoms with Gasteiger partial charge in [0, 0.05) is 0 Å². The average molecular weight is 224 g/mol. The molecule has 88 valence electrons. The summed E-state index contributed by atoms with van der Waals surface area (Å²) in [5.41, 5.74) is 9.46. The normalized spacial score (nSPS) is 10.6. The molecule has 0 heteroatoms. The van der Waals surface area contributed by atoms with Crippen molar-refractivity contribution in [3.63, 3.8) is 0 Å². The molecule has 0 N–H and O–H groups in total. The molecule has 0 spiro atoms. The van der Waals surface area contributed by atoms with E-state index in [0.29, 0.717) is 0 Å². The van der Waals surface area contributed by atoms with Gasteiger partial charge in [0.2, 0.25) is 0 Å². The summed E-state index contributed by atoms with van der Waals surface area (Å²) in [5.74, 6) is 0. The van der Waals surface area contributed by atoms with Gasteiger partial charge in [-0.15, -0.1) is 0 Å². The van der Waals surface area contributed by atoms with Crippen LogP contribution in [0.2, 0.25) is 0 Å². The van der Waals surface area contributed by atoms with E-state index in [2.05, 4.69) is 65.0 Å². The minimum Gasteiger partial charge on any atom is -0.0563 e.